The Morgan fingerprint density at radius 1 is 0.531 bits per heavy atom. The molecule has 0 bridgehead atoms. The number of aliphatic hydroxyl groups excluding tert-OH is 1. The van der Waals surface area contributed by atoms with E-state index in [4.69, 9.17) is 33.5 Å². The van der Waals surface area contributed by atoms with Gasteiger partial charge in [0.2, 0.25) is 11.9 Å². The van der Waals surface area contributed by atoms with Crippen molar-refractivity contribution in [2.24, 2.45) is 27.6 Å². The number of nitrogens with one attached hydrogen (secondary N) is 7. The Morgan fingerprint density at radius 3 is 1.31 bits per heavy atom. The Labute approximate surface area is 574 Å². The van der Waals surface area contributed by atoms with Gasteiger partial charge in [-0.15, -0.1) is 0 Å². The highest BCUT2D eigenvalue weighted by Gasteiger charge is 2.43. The Morgan fingerprint density at radius 2 is 0.908 bits per heavy atom. The first-order valence-corrected chi connectivity index (χ1v) is 33.6. The number of ether oxygens (including phenoxy) is 7. The summed E-state index contributed by atoms with van der Waals surface area (Å²) in [5, 5.41) is 22.4. The zero-order chi connectivity index (χ0) is 73.0. The van der Waals surface area contributed by atoms with Crippen LogP contribution in [0.5, 0.6) is 0 Å². The Hall–Kier alpha value is -8.72. The SMILES string of the molecule is C=CC(=O)OCCOC(=O)CCCCCOC(=O)CCCCCO.C=CC(=O)OCCOC(=O)CCCCCOC(=O)CCCCCOC(=O)NC1CC(C)(C)CC(C)(CNC(=O)Nc2nc(C)cc(=O)[nH]2)C1.Cc1cc(=O)[nH]c(NC(=O)NCC2(C)CC(C=C=O)CC(C)(C)C2)n1. The fourth-order valence-electron chi connectivity index (χ4n) is 12.1. The first-order chi connectivity index (χ1) is 46.4. The predicted molar refractivity (Wildman–Crippen MR) is 364 cm³/mol. The molecule has 2 aliphatic rings. The van der Waals surface area contributed by atoms with Crippen LogP contribution in [0, 0.1) is 41.4 Å². The third-order valence-corrected chi connectivity index (χ3v) is 15.5. The van der Waals surface area contributed by atoms with Gasteiger partial charge in [-0.1, -0.05) is 61.1 Å². The number of aromatic amines is 2. The second kappa shape index (κ2) is 46.5. The highest BCUT2D eigenvalue weighted by Crippen LogP contribution is 2.49. The van der Waals surface area contributed by atoms with E-state index in [1.165, 1.54) is 12.1 Å². The number of alkyl carbamates (subject to hydrolysis) is 1. The fraction of sp³-hybridized carbons (Fsp3) is 0.667. The van der Waals surface area contributed by atoms with E-state index in [1.54, 1.807) is 19.9 Å². The van der Waals surface area contributed by atoms with Crippen molar-refractivity contribution >= 4 is 71.8 Å². The summed E-state index contributed by atoms with van der Waals surface area (Å²) in [7, 11) is 0. The Kier molecular flexibility index (Phi) is 40.5. The van der Waals surface area contributed by atoms with Crippen molar-refractivity contribution in [1.82, 2.24) is 35.9 Å². The van der Waals surface area contributed by atoms with Gasteiger partial charge in [0.1, 0.15) is 32.4 Å². The smallest absolute Gasteiger partial charge is 0.407 e. The molecule has 4 unspecified atom stereocenters. The minimum absolute atomic E-state index is 0.00275. The molecule has 2 saturated carbocycles. The third-order valence-electron chi connectivity index (χ3n) is 15.5. The van der Waals surface area contributed by atoms with Crippen LogP contribution in [0.15, 0.2) is 53.1 Å². The molecule has 0 spiro atoms. The van der Waals surface area contributed by atoms with E-state index in [0.29, 0.717) is 102 Å². The summed E-state index contributed by atoms with van der Waals surface area (Å²) >= 11 is 0. The summed E-state index contributed by atoms with van der Waals surface area (Å²) in [6.45, 7) is 24.6. The predicted octanol–water partition coefficient (Wildman–Crippen LogP) is 8.78. The van der Waals surface area contributed by atoms with E-state index in [9.17, 15) is 57.5 Å². The molecule has 4 atom stereocenters. The van der Waals surface area contributed by atoms with Crippen molar-refractivity contribution in [3.05, 3.63) is 75.6 Å². The average molecular weight is 1380 g/mol. The molecule has 2 aromatic rings. The van der Waals surface area contributed by atoms with E-state index in [2.05, 4.69) is 106 Å². The molecule has 29 nitrogen and oxygen atoms in total. The summed E-state index contributed by atoms with van der Waals surface area (Å²) in [6, 6.07) is 1.66. The molecule has 2 heterocycles. The number of rotatable bonds is 39. The van der Waals surface area contributed by atoms with Crippen LogP contribution < -0.4 is 37.7 Å². The molecule has 4 rings (SSSR count). The number of hydrogen-bond acceptors (Lipinski definition) is 22. The summed E-state index contributed by atoms with van der Waals surface area (Å²) in [5.74, 6) is -0.0704. The van der Waals surface area contributed by atoms with E-state index in [0.717, 1.165) is 63.5 Å². The second-order valence-corrected chi connectivity index (χ2v) is 26.8. The molecule has 0 aromatic carbocycles. The Bertz CT molecular complexity index is 3050. The van der Waals surface area contributed by atoms with Crippen LogP contribution in [0.4, 0.5) is 26.3 Å². The molecule has 2 fully saturated rings. The molecule has 0 aliphatic heterocycles. The zero-order valence-electron chi connectivity index (χ0n) is 58.7. The van der Waals surface area contributed by atoms with Crippen molar-refractivity contribution < 1.29 is 86.2 Å². The lowest BCUT2D eigenvalue weighted by molar-refractivity contribution is -0.149. The first-order valence-electron chi connectivity index (χ1n) is 33.6. The normalized spacial score (nSPS) is 17.8. The lowest BCUT2D eigenvalue weighted by atomic mass is 9.60. The Balaban J connectivity index is 0.000000557. The molecule has 548 valence electrons. The second-order valence-electron chi connectivity index (χ2n) is 26.8. The van der Waals surface area contributed by atoms with Crippen LogP contribution >= 0.6 is 0 Å². The number of aryl methyl sites for hydroxylation is 2. The number of urea groups is 2. The quantitative estimate of drug-likeness (QED) is 0.0102. The van der Waals surface area contributed by atoms with E-state index >= 15 is 0 Å². The number of aliphatic hydroxyl groups is 1. The zero-order valence-corrected chi connectivity index (χ0v) is 58.7. The summed E-state index contributed by atoms with van der Waals surface area (Å²) < 4.78 is 34.9. The highest BCUT2D eigenvalue weighted by atomic mass is 16.6. The van der Waals surface area contributed by atoms with Gasteiger partial charge in [0, 0.05) is 93.2 Å². The maximum atomic E-state index is 12.6. The third kappa shape index (κ3) is 41.4. The van der Waals surface area contributed by atoms with Crippen LogP contribution in [-0.4, -0.2) is 157 Å². The van der Waals surface area contributed by atoms with E-state index in [-0.39, 0.29) is 146 Å². The lowest BCUT2D eigenvalue weighted by Gasteiger charge is -2.46. The van der Waals surface area contributed by atoms with Gasteiger partial charge in [0.05, 0.1) is 19.8 Å². The van der Waals surface area contributed by atoms with E-state index < -0.39 is 30.1 Å². The van der Waals surface area contributed by atoms with Gasteiger partial charge in [-0.05, 0) is 151 Å². The van der Waals surface area contributed by atoms with Gasteiger partial charge in [0.25, 0.3) is 11.1 Å². The van der Waals surface area contributed by atoms with Gasteiger partial charge in [-0.2, -0.15) is 0 Å². The monoisotopic (exact) mass is 1380 g/mol. The number of aromatic nitrogens is 4. The van der Waals surface area contributed by atoms with Gasteiger partial charge >= 0.3 is 54.0 Å². The first kappa shape index (κ1) is 85.4. The maximum Gasteiger partial charge on any atom is 0.407 e. The molecule has 0 radical (unpaired) electrons. The minimum atomic E-state index is -0.570. The number of anilines is 2. The molecular formula is C69H107N9O20. The topological polar surface area (TPSA) is 407 Å². The van der Waals surface area contributed by atoms with Gasteiger partial charge in [-0.25, -0.2) is 38.7 Å². The molecule has 5 amide bonds. The molecule has 2 aromatic heterocycles. The number of hydrogen-bond donors (Lipinski definition) is 8. The van der Waals surface area contributed by atoms with Crippen molar-refractivity contribution in [2.75, 3.05) is 76.6 Å². The number of nitrogens with zero attached hydrogens (tertiary/aromatic N) is 2. The van der Waals surface area contributed by atoms with Crippen LogP contribution in [0.25, 0.3) is 0 Å². The largest absolute Gasteiger partial charge is 0.466 e. The molecular weight excluding hydrogens is 1270 g/mol. The van der Waals surface area contributed by atoms with Crippen molar-refractivity contribution in [3.8, 4) is 0 Å². The summed E-state index contributed by atoms with van der Waals surface area (Å²) in [5.41, 5.74) is -0.0505. The number of H-pyrrole nitrogens is 2. The molecule has 8 N–H and O–H groups in total. The number of amides is 5. The fourth-order valence-corrected chi connectivity index (χ4v) is 12.1. The molecule has 29 heteroatoms. The highest BCUT2D eigenvalue weighted by molar-refractivity contribution is 5.88. The number of carbonyl (C=O) groups is 9. The molecule has 2 aliphatic carbocycles. The minimum Gasteiger partial charge on any atom is -0.466 e. The number of allylic oxidation sites excluding steroid dienone is 1. The van der Waals surface area contributed by atoms with Gasteiger partial charge < -0.3 is 54.2 Å². The number of unbranched alkanes of at least 4 members (excludes halogenated alkanes) is 8. The average Bonchev–Trinajstić information content (AvgIpc) is 0.807. The summed E-state index contributed by atoms with van der Waals surface area (Å²) in [6.07, 6.45) is 17.6. The van der Waals surface area contributed by atoms with Crippen molar-refractivity contribution in [1.29, 1.82) is 0 Å². The van der Waals surface area contributed by atoms with Crippen molar-refractivity contribution in [3.63, 3.8) is 0 Å². The van der Waals surface area contributed by atoms with Gasteiger partial charge in [-0.3, -0.25) is 49.4 Å². The van der Waals surface area contributed by atoms with Crippen LogP contribution in [-0.2, 0) is 66.7 Å². The van der Waals surface area contributed by atoms with Crippen LogP contribution in [0.3, 0.4) is 0 Å². The number of esters is 6. The van der Waals surface area contributed by atoms with Crippen LogP contribution in [0.1, 0.15) is 194 Å². The van der Waals surface area contributed by atoms with Crippen molar-refractivity contribution in [2.45, 2.75) is 203 Å². The molecule has 0 saturated heterocycles. The maximum absolute atomic E-state index is 12.6. The lowest BCUT2D eigenvalue weighted by Crippen LogP contribution is -2.51. The van der Waals surface area contributed by atoms with Gasteiger partial charge in [0.15, 0.2) is 0 Å². The molecule has 98 heavy (non-hydrogen) atoms. The number of carbonyl (C=O) groups excluding carboxylic acids is 10. The standard InChI is InChI=1S/C34H53N5O10.C18H26N4O3.C17H28O7/c1-6-27(41)47-17-18-48-29(43)14-9-7-11-15-46-28(42)13-10-8-12-16-49-32(45)37-25-20-33(3,4)22-34(5,21-25)23-35-31(44)39-30-36-24(2)19-26(40)38-30;1-12-7-14(24)21-15(20-12)22-16(25)19-11-18(4)9-13(5-6-23)8-17(2,3)10-18;1-2-15(19)23-13-14-24-17(21)10-6-4-8-12-22-16(20)9-5-3-7-11-18/h6,19,25H,1,7-18,20-23H2,2-5H3,(H,37,45)(H3,35,36,38,39,40,44);5,7,13H,8-11H2,1-4H3,(H3,19,20,21,22,24,25);2,18H,1,3-14H2. The summed E-state index contributed by atoms with van der Waals surface area (Å²) in [4.78, 5) is 152. The van der Waals surface area contributed by atoms with Crippen LogP contribution in [0.2, 0.25) is 0 Å². The van der Waals surface area contributed by atoms with E-state index in [1.807, 2.05) is 5.94 Å².